The van der Waals surface area contributed by atoms with E-state index in [1.54, 1.807) is 11.8 Å². The van der Waals surface area contributed by atoms with E-state index in [9.17, 15) is 0 Å². The number of hydrogen-bond donors (Lipinski definition) is 1. The lowest BCUT2D eigenvalue weighted by molar-refractivity contribution is 0.854. The van der Waals surface area contributed by atoms with Crippen molar-refractivity contribution in [3.05, 3.63) is 46.8 Å². The number of rotatable bonds is 3. The molecule has 0 bridgehead atoms. The Bertz CT molecular complexity index is 610. The zero-order valence-corrected chi connectivity index (χ0v) is 11.8. The first kappa shape index (κ1) is 12.6. The van der Waals surface area contributed by atoms with Gasteiger partial charge in [-0.05, 0) is 67.3 Å². The fourth-order valence-electron chi connectivity index (χ4n) is 2.47. The predicted octanol–water partition coefficient (Wildman–Crippen LogP) is 2.88. The second kappa shape index (κ2) is 5.31. The third-order valence-corrected chi connectivity index (χ3v) is 4.23. The van der Waals surface area contributed by atoms with E-state index in [2.05, 4.69) is 28.2 Å². The molecule has 0 saturated heterocycles. The standard InChI is InChI=1S/C15H17N3S/c1-10-7-13(9-16)18-15(17-10)19-14-6-5-11-3-2-4-12(11)8-14/h5-8H,2-4,9,16H2,1H3. The van der Waals surface area contributed by atoms with E-state index in [1.807, 2.05) is 13.0 Å². The van der Waals surface area contributed by atoms with Crippen LogP contribution in [0.25, 0.3) is 0 Å². The average Bonchev–Trinajstić information content (AvgIpc) is 2.85. The molecule has 4 heteroatoms. The Labute approximate surface area is 117 Å². The summed E-state index contributed by atoms with van der Waals surface area (Å²) in [6.45, 7) is 2.44. The van der Waals surface area contributed by atoms with E-state index < -0.39 is 0 Å². The summed E-state index contributed by atoms with van der Waals surface area (Å²) in [4.78, 5) is 10.2. The molecule has 1 aromatic carbocycles. The van der Waals surface area contributed by atoms with Crippen LogP contribution in [0.15, 0.2) is 34.3 Å². The molecule has 19 heavy (non-hydrogen) atoms. The summed E-state index contributed by atoms with van der Waals surface area (Å²) in [6, 6.07) is 8.63. The number of aromatic nitrogens is 2. The monoisotopic (exact) mass is 271 g/mol. The minimum Gasteiger partial charge on any atom is -0.325 e. The Kier molecular flexibility index (Phi) is 3.53. The Morgan fingerprint density at radius 2 is 2.00 bits per heavy atom. The first-order valence-electron chi connectivity index (χ1n) is 6.59. The summed E-state index contributed by atoms with van der Waals surface area (Å²) in [5.41, 5.74) is 10.5. The fourth-order valence-corrected chi connectivity index (χ4v) is 3.37. The van der Waals surface area contributed by atoms with Gasteiger partial charge in [0, 0.05) is 17.1 Å². The lowest BCUT2D eigenvalue weighted by atomic mass is 10.1. The molecule has 1 heterocycles. The summed E-state index contributed by atoms with van der Waals surface area (Å²) in [6.07, 6.45) is 3.70. The largest absolute Gasteiger partial charge is 0.325 e. The number of benzene rings is 1. The van der Waals surface area contributed by atoms with E-state index in [-0.39, 0.29) is 0 Å². The quantitative estimate of drug-likeness (QED) is 0.872. The van der Waals surface area contributed by atoms with Crippen molar-refractivity contribution in [1.29, 1.82) is 0 Å². The van der Waals surface area contributed by atoms with Crippen LogP contribution in [0.5, 0.6) is 0 Å². The van der Waals surface area contributed by atoms with Gasteiger partial charge < -0.3 is 5.73 Å². The normalized spacial score (nSPS) is 13.6. The molecule has 2 N–H and O–H groups in total. The highest BCUT2D eigenvalue weighted by Gasteiger charge is 2.12. The first-order valence-corrected chi connectivity index (χ1v) is 7.40. The van der Waals surface area contributed by atoms with Gasteiger partial charge >= 0.3 is 0 Å². The average molecular weight is 271 g/mol. The number of aryl methyl sites for hydroxylation is 3. The van der Waals surface area contributed by atoms with Crippen molar-refractivity contribution < 1.29 is 0 Å². The number of nitrogens with zero attached hydrogens (tertiary/aromatic N) is 2. The van der Waals surface area contributed by atoms with Crippen LogP contribution in [0.2, 0.25) is 0 Å². The molecule has 3 rings (SSSR count). The van der Waals surface area contributed by atoms with Gasteiger partial charge in [-0.3, -0.25) is 0 Å². The maximum Gasteiger partial charge on any atom is 0.192 e. The first-order chi connectivity index (χ1) is 9.24. The molecule has 0 saturated carbocycles. The van der Waals surface area contributed by atoms with Crippen LogP contribution in [0.1, 0.15) is 28.9 Å². The van der Waals surface area contributed by atoms with Crippen molar-refractivity contribution in [2.45, 2.75) is 42.8 Å². The van der Waals surface area contributed by atoms with Crippen LogP contribution in [0.3, 0.4) is 0 Å². The van der Waals surface area contributed by atoms with Crippen molar-refractivity contribution in [3.8, 4) is 0 Å². The molecular formula is C15H17N3S. The highest BCUT2D eigenvalue weighted by Crippen LogP contribution is 2.30. The molecule has 0 aliphatic heterocycles. The SMILES string of the molecule is Cc1cc(CN)nc(Sc2ccc3c(c2)CCC3)n1. The van der Waals surface area contributed by atoms with Crippen molar-refractivity contribution in [2.75, 3.05) is 0 Å². The van der Waals surface area contributed by atoms with Gasteiger partial charge in [0.05, 0.1) is 5.69 Å². The van der Waals surface area contributed by atoms with Crippen LogP contribution in [0, 0.1) is 6.92 Å². The Balaban J connectivity index is 1.86. The van der Waals surface area contributed by atoms with E-state index in [1.165, 1.54) is 35.3 Å². The van der Waals surface area contributed by atoms with Crippen LogP contribution < -0.4 is 5.73 Å². The van der Waals surface area contributed by atoms with Gasteiger partial charge in [0.25, 0.3) is 0 Å². The maximum atomic E-state index is 5.66. The van der Waals surface area contributed by atoms with Gasteiger partial charge in [-0.2, -0.15) is 0 Å². The number of hydrogen-bond acceptors (Lipinski definition) is 4. The van der Waals surface area contributed by atoms with Gasteiger partial charge in [0.2, 0.25) is 0 Å². The Hall–Kier alpha value is -1.39. The summed E-state index contributed by atoms with van der Waals surface area (Å²) < 4.78 is 0. The Morgan fingerprint density at radius 3 is 2.84 bits per heavy atom. The van der Waals surface area contributed by atoms with Crippen molar-refractivity contribution in [2.24, 2.45) is 5.73 Å². The number of fused-ring (bicyclic) bond motifs is 1. The summed E-state index contributed by atoms with van der Waals surface area (Å²) in [5, 5.41) is 0.790. The lowest BCUT2D eigenvalue weighted by Gasteiger charge is -2.06. The zero-order chi connectivity index (χ0) is 13.2. The van der Waals surface area contributed by atoms with E-state index in [0.29, 0.717) is 6.54 Å². The molecule has 0 radical (unpaired) electrons. The van der Waals surface area contributed by atoms with Crippen molar-refractivity contribution >= 4 is 11.8 Å². The van der Waals surface area contributed by atoms with E-state index in [0.717, 1.165) is 16.5 Å². The second-order valence-electron chi connectivity index (χ2n) is 4.87. The molecule has 0 atom stereocenters. The summed E-state index contributed by atoms with van der Waals surface area (Å²) in [7, 11) is 0. The van der Waals surface area contributed by atoms with Gasteiger partial charge in [-0.1, -0.05) is 6.07 Å². The van der Waals surface area contributed by atoms with Crippen molar-refractivity contribution in [3.63, 3.8) is 0 Å². The van der Waals surface area contributed by atoms with Crippen LogP contribution in [-0.4, -0.2) is 9.97 Å². The second-order valence-corrected chi connectivity index (χ2v) is 5.91. The molecule has 2 aromatic rings. The third-order valence-electron chi connectivity index (χ3n) is 3.37. The molecule has 1 aromatic heterocycles. The summed E-state index contributed by atoms with van der Waals surface area (Å²) in [5.74, 6) is 0. The molecule has 1 aliphatic rings. The van der Waals surface area contributed by atoms with Crippen molar-refractivity contribution in [1.82, 2.24) is 9.97 Å². The van der Waals surface area contributed by atoms with E-state index in [4.69, 9.17) is 5.73 Å². The highest BCUT2D eigenvalue weighted by atomic mass is 32.2. The van der Waals surface area contributed by atoms with E-state index >= 15 is 0 Å². The van der Waals surface area contributed by atoms with Gasteiger partial charge in [0.1, 0.15) is 0 Å². The fraction of sp³-hybridized carbons (Fsp3) is 0.333. The molecule has 0 amide bonds. The molecule has 0 spiro atoms. The lowest BCUT2D eigenvalue weighted by Crippen LogP contribution is -2.02. The minimum atomic E-state index is 0.459. The molecule has 3 nitrogen and oxygen atoms in total. The van der Waals surface area contributed by atoms with Crippen LogP contribution in [-0.2, 0) is 19.4 Å². The molecule has 0 fully saturated rings. The molecule has 1 aliphatic carbocycles. The Morgan fingerprint density at radius 1 is 1.16 bits per heavy atom. The summed E-state index contributed by atoms with van der Waals surface area (Å²) >= 11 is 1.62. The van der Waals surface area contributed by atoms with Gasteiger partial charge in [0.15, 0.2) is 5.16 Å². The maximum absolute atomic E-state index is 5.66. The van der Waals surface area contributed by atoms with Gasteiger partial charge in [-0.15, -0.1) is 0 Å². The van der Waals surface area contributed by atoms with Gasteiger partial charge in [-0.25, -0.2) is 9.97 Å². The highest BCUT2D eigenvalue weighted by molar-refractivity contribution is 7.99. The minimum absolute atomic E-state index is 0.459. The third kappa shape index (κ3) is 2.80. The van der Waals surface area contributed by atoms with Crippen LogP contribution in [0.4, 0.5) is 0 Å². The number of nitrogens with two attached hydrogens (primary N) is 1. The predicted molar refractivity (Wildman–Crippen MR) is 77.3 cm³/mol. The smallest absolute Gasteiger partial charge is 0.192 e. The molecule has 0 unspecified atom stereocenters. The zero-order valence-electron chi connectivity index (χ0n) is 11.0. The molecular weight excluding hydrogens is 254 g/mol. The van der Waals surface area contributed by atoms with Crippen LogP contribution >= 0.6 is 11.8 Å². The molecule has 98 valence electrons. The topological polar surface area (TPSA) is 51.8 Å².